The van der Waals surface area contributed by atoms with Gasteiger partial charge >= 0.3 is 0 Å². The number of nitrogens with zero attached hydrogens (tertiary/aromatic N) is 4. The second kappa shape index (κ2) is 6.34. The van der Waals surface area contributed by atoms with Crippen LogP contribution in [0.25, 0.3) is 0 Å². The van der Waals surface area contributed by atoms with Crippen LogP contribution in [-0.4, -0.2) is 34.3 Å². The molecule has 2 aromatic rings. The molecule has 1 fully saturated rings. The summed E-state index contributed by atoms with van der Waals surface area (Å²) in [4.78, 5) is 7.20. The number of hydrogen-bond acceptors (Lipinski definition) is 5. The molecule has 3 heterocycles. The van der Waals surface area contributed by atoms with Gasteiger partial charge in [-0.2, -0.15) is 5.10 Å². The highest BCUT2D eigenvalue weighted by Gasteiger charge is 2.32. The van der Waals surface area contributed by atoms with E-state index in [1.807, 2.05) is 18.3 Å². The number of fused-ring (bicyclic) bond motifs is 1. The molecule has 26 heavy (non-hydrogen) atoms. The fourth-order valence-electron chi connectivity index (χ4n) is 3.80. The molecule has 1 unspecified atom stereocenters. The van der Waals surface area contributed by atoms with Crippen LogP contribution in [-0.2, 0) is 12.1 Å². The van der Waals surface area contributed by atoms with E-state index in [1.54, 1.807) is 7.11 Å². The van der Waals surface area contributed by atoms with Crippen molar-refractivity contribution >= 4 is 11.8 Å². The third-order valence-electron chi connectivity index (χ3n) is 5.14. The van der Waals surface area contributed by atoms with E-state index >= 15 is 0 Å². The van der Waals surface area contributed by atoms with E-state index in [0.29, 0.717) is 12.6 Å². The summed E-state index contributed by atoms with van der Waals surface area (Å²) in [5, 5.41) is 8.14. The van der Waals surface area contributed by atoms with Gasteiger partial charge in [0.15, 0.2) is 5.96 Å². The van der Waals surface area contributed by atoms with Crippen molar-refractivity contribution in [3.05, 3.63) is 41.6 Å². The molecule has 1 atom stereocenters. The first-order valence-electron chi connectivity index (χ1n) is 9.27. The smallest absolute Gasteiger partial charge is 0.200 e. The predicted octanol–water partition coefficient (Wildman–Crippen LogP) is 3.77. The Bertz CT molecular complexity index is 816. The second-order valence-corrected chi connectivity index (χ2v) is 7.99. The molecular weight excluding hydrogens is 326 g/mol. The van der Waals surface area contributed by atoms with Crippen molar-refractivity contribution in [2.45, 2.75) is 51.7 Å². The van der Waals surface area contributed by atoms with E-state index < -0.39 is 0 Å². The molecular formula is C20H27N5O. The summed E-state index contributed by atoms with van der Waals surface area (Å²) in [6.45, 7) is 8.21. The molecule has 1 aromatic heterocycles. The molecule has 0 aliphatic carbocycles. The van der Waals surface area contributed by atoms with Crippen molar-refractivity contribution in [2.24, 2.45) is 4.99 Å². The van der Waals surface area contributed by atoms with Crippen LogP contribution in [0, 0.1) is 0 Å². The first kappa shape index (κ1) is 16.9. The summed E-state index contributed by atoms with van der Waals surface area (Å²) in [6, 6.07) is 8.75. The third-order valence-corrected chi connectivity index (χ3v) is 5.14. The number of aromatic nitrogens is 2. The van der Waals surface area contributed by atoms with Gasteiger partial charge in [-0.3, -0.25) is 0 Å². The minimum Gasteiger partial charge on any atom is -0.497 e. The molecule has 0 radical (unpaired) electrons. The van der Waals surface area contributed by atoms with Gasteiger partial charge in [0, 0.05) is 12.1 Å². The number of anilines is 1. The molecule has 0 bridgehead atoms. The Kier molecular flexibility index (Phi) is 4.13. The fourth-order valence-corrected chi connectivity index (χ4v) is 3.80. The van der Waals surface area contributed by atoms with Gasteiger partial charge in [-0.05, 0) is 51.3 Å². The summed E-state index contributed by atoms with van der Waals surface area (Å²) >= 11 is 0. The molecule has 138 valence electrons. The molecule has 2 aliphatic heterocycles. The van der Waals surface area contributed by atoms with E-state index in [-0.39, 0.29) is 5.54 Å². The van der Waals surface area contributed by atoms with Crippen molar-refractivity contribution in [2.75, 3.05) is 19.0 Å². The lowest BCUT2D eigenvalue weighted by Gasteiger charge is -2.32. The average molecular weight is 353 g/mol. The number of hydrogen-bond donors (Lipinski definition) is 1. The zero-order chi connectivity index (χ0) is 18.3. The topological polar surface area (TPSA) is 54.7 Å². The second-order valence-electron chi connectivity index (χ2n) is 7.99. The van der Waals surface area contributed by atoms with Crippen LogP contribution < -0.4 is 10.1 Å². The highest BCUT2D eigenvalue weighted by atomic mass is 16.5. The van der Waals surface area contributed by atoms with Crippen molar-refractivity contribution < 1.29 is 4.74 Å². The first-order chi connectivity index (χ1) is 12.5. The molecule has 1 N–H and O–H groups in total. The van der Waals surface area contributed by atoms with Gasteiger partial charge in [0.2, 0.25) is 0 Å². The predicted molar refractivity (Wildman–Crippen MR) is 104 cm³/mol. The Labute approximate surface area is 154 Å². The monoisotopic (exact) mass is 353 g/mol. The normalized spacial score (nSPS) is 19.8. The quantitative estimate of drug-likeness (QED) is 0.893. The summed E-state index contributed by atoms with van der Waals surface area (Å²) in [7, 11) is 1.70. The van der Waals surface area contributed by atoms with E-state index in [0.717, 1.165) is 36.1 Å². The van der Waals surface area contributed by atoms with E-state index in [9.17, 15) is 0 Å². The number of likely N-dealkylation sites (tertiary alicyclic amines) is 1. The lowest BCUT2D eigenvalue weighted by molar-refractivity contribution is 0.358. The lowest BCUT2D eigenvalue weighted by atomic mass is 10.0. The zero-order valence-electron chi connectivity index (χ0n) is 16.0. The highest BCUT2D eigenvalue weighted by Crippen LogP contribution is 2.35. The Hall–Kier alpha value is -2.50. The first-order valence-corrected chi connectivity index (χ1v) is 9.27. The van der Waals surface area contributed by atoms with Gasteiger partial charge in [-0.1, -0.05) is 12.1 Å². The number of benzene rings is 1. The summed E-state index contributed by atoms with van der Waals surface area (Å²) in [6.07, 6.45) is 4.24. The maximum absolute atomic E-state index is 5.29. The number of methoxy groups -OCH3 is 1. The van der Waals surface area contributed by atoms with Crippen LogP contribution in [0.4, 0.5) is 5.82 Å². The third kappa shape index (κ3) is 2.93. The molecule has 0 amide bonds. The maximum Gasteiger partial charge on any atom is 0.200 e. The molecule has 6 nitrogen and oxygen atoms in total. The van der Waals surface area contributed by atoms with Gasteiger partial charge < -0.3 is 15.0 Å². The van der Waals surface area contributed by atoms with Crippen LogP contribution in [0.3, 0.4) is 0 Å². The van der Waals surface area contributed by atoms with Crippen LogP contribution in [0.5, 0.6) is 5.75 Å². The number of guanidine groups is 1. The van der Waals surface area contributed by atoms with E-state index in [2.05, 4.69) is 52.9 Å². The van der Waals surface area contributed by atoms with Gasteiger partial charge in [-0.15, -0.1) is 0 Å². The zero-order valence-corrected chi connectivity index (χ0v) is 16.0. The number of ether oxygens (including phenoxy) is 1. The highest BCUT2D eigenvalue weighted by molar-refractivity contribution is 5.95. The molecule has 4 rings (SSSR count). The van der Waals surface area contributed by atoms with Crippen LogP contribution in [0.1, 0.15) is 50.8 Å². The van der Waals surface area contributed by atoms with Gasteiger partial charge in [-0.25, -0.2) is 9.67 Å². The fraction of sp³-hybridized carbons (Fsp3) is 0.500. The molecule has 2 aliphatic rings. The summed E-state index contributed by atoms with van der Waals surface area (Å²) in [5.74, 6) is 2.93. The molecule has 1 aromatic carbocycles. The Morgan fingerprint density at radius 1 is 1.19 bits per heavy atom. The van der Waals surface area contributed by atoms with Crippen molar-refractivity contribution in [1.82, 2.24) is 14.7 Å². The number of aliphatic imine (C=N–C) groups is 1. The van der Waals surface area contributed by atoms with Gasteiger partial charge in [0.1, 0.15) is 11.6 Å². The van der Waals surface area contributed by atoms with Gasteiger partial charge in [0.05, 0.1) is 31.4 Å². The van der Waals surface area contributed by atoms with E-state index in [4.69, 9.17) is 9.73 Å². The Balaban J connectivity index is 1.59. The SMILES string of the molecule is COc1ccc(C2CCCN2C2=NCc3cnn(C(C)(C)C)c3N2)cc1. The maximum atomic E-state index is 5.29. The number of nitrogens with one attached hydrogen (secondary N) is 1. The molecule has 0 spiro atoms. The minimum atomic E-state index is -0.0660. The minimum absolute atomic E-state index is 0.0660. The average Bonchev–Trinajstić information content (AvgIpc) is 3.27. The van der Waals surface area contributed by atoms with E-state index in [1.165, 1.54) is 12.0 Å². The van der Waals surface area contributed by atoms with Crippen molar-refractivity contribution in [3.63, 3.8) is 0 Å². The molecule has 6 heteroatoms. The standard InChI is InChI=1S/C20H27N5O/c1-20(2,3)25-18-15(13-22-25)12-21-19(23-18)24-11-5-6-17(24)14-7-9-16(26-4)10-8-14/h7-10,13,17H,5-6,11-12H2,1-4H3,(H,21,23). The molecule has 1 saturated heterocycles. The summed E-state index contributed by atoms with van der Waals surface area (Å²) < 4.78 is 7.36. The summed E-state index contributed by atoms with van der Waals surface area (Å²) in [5.41, 5.74) is 2.40. The lowest BCUT2D eigenvalue weighted by Crippen LogP contribution is -2.39. The van der Waals surface area contributed by atoms with Crippen LogP contribution in [0.15, 0.2) is 35.5 Å². The van der Waals surface area contributed by atoms with Crippen LogP contribution in [0.2, 0.25) is 0 Å². The number of rotatable bonds is 2. The van der Waals surface area contributed by atoms with Crippen molar-refractivity contribution in [3.8, 4) is 5.75 Å². The van der Waals surface area contributed by atoms with Crippen molar-refractivity contribution in [1.29, 1.82) is 0 Å². The Morgan fingerprint density at radius 2 is 1.96 bits per heavy atom. The Morgan fingerprint density at radius 3 is 2.65 bits per heavy atom. The van der Waals surface area contributed by atoms with Crippen LogP contribution >= 0.6 is 0 Å². The largest absolute Gasteiger partial charge is 0.497 e. The van der Waals surface area contributed by atoms with Gasteiger partial charge in [0.25, 0.3) is 0 Å². The molecule has 0 saturated carbocycles.